The highest BCUT2D eigenvalue weighted by molar-refractivity contribution is 8.02. The van der Waals surface area contributed by atoms with Crippen molar-refractivity contribution >= 4 is 35.0 Å². The van der Waals surface area contributed by atoms with Crippen molar-refractivity contribution in [1.29, 1.82) is 0 Å². The third-order valence-electron chi connectivity index (χ3n) is 5.41. The lowest BCUT2D eigenvalue weighted by Crippen LogP contribution is -2.49. The highest BCUT2D eigenvalue weighted by Gasteiger charge is 2.60. The number of para-hydroxylation sites is 1. The number of nitrogens with zero attached hydrogens (tertiary/aromatic N) is 2. The molecule has 7 heteroatoms. The molecular formula is C23H16F2N2O2S. The van der Waals surface area contributed by atoms with E-state index < -0.39 is 16.5 Å². The molecule has 0 radical (unpaired) electrons. The summed E-state index contributed by atoms with van der Waals surface area (Å²) in [5.74, 6) is -2.59. The number of halogens is 2. The third kappa shape index (κ3) is 2.65. The number of hydrogen-bond acceptors (Lipinski definition) is 3. The van der Waals surface area contributed by atoms with Crippen molar-refractivity contribution in [3.8, 4) is 0 Å². The molecule has 0 N–H and O–H groups in total. The Hall–Kier alpha value is -3.19. The van der Waals surface area contributed by atoms with E-state index in [0.29, 0.717) is 17.8 Å². The summed E-state index contributed by atoms with van der Waals surface area (Å²) in [6.07, 6.45) is 0. The normalized spacial score (nSPS) is 20.3. The van der Waals surface area contributed by atoms with Gasteiger partial charge in [-0.25, -0.2) is 8.78 Å². The third-order valence-corrected chi connectivity index (χ3v) is 6.79. The maximum absolute atomic E-state index is 14.0. The van der Waals surface area contributed by atoms with Crippen LogP contribution >= 0.6 is 11.8 Å². The predicted octanol–water partition coefficient (Wildman–Crippen LogP) is 4.44. The molecule has 3 aromatic rings. The second-order valence-electron chi connectivity index (χ2n) is 7.15. The number of anilines is 2. The Labute approximate surface area is 176 Å². The number of carbonyl (C=O) groups is 2. The Kier molecular flexibility index (Phi) is 4.36. The van der Waals surface area contributed by atoms with E-state index in [1.807, 2.05) is 54.6 Å². The number of fused-ring (bicyclic) bond motifs is 2. The van der Waals surface area contributed by atoms with E-state index in [1.165, 1.54) is 22.7 Å². The molecule has 1 unspecified atom stereocenters. The molecule has 2 heterocycles. The molecule has 150 valence electrons. The molecule has 0 aromatic heterocycles. The van der Waals surface area contributed by atoms with Gasteiger partial charge in [-0.2, -0.15) is 0 Å². The van der Waals surface area contributed by atoms with Gasteiger partial charge in [0, 0.05) is 17.3 Å². The van der Waals surface area contributed by atoms with E-state index in [2.05, 4.69) is 0 Å². The Morgan fingerprint density at radius 2 is 1.63 bits per heavy atom. The van der Waals surface area contributed by atoms with Crippen LogP contribution in [0.2, 0.25) is 0 Å². The quantitative estimate of drug-likeness (QED) is 0.627. The molecule has 1 atom stereocenters. The van der Waals surface area contributed by atoms with Gasteiger partial charge in [-0.15, -0.1) is 11.8 Å². The van der Waals surface area contributed by atoms with Crippen molar-refractivity contribution in [2.45, 2.75) is 11.4 Å². The van der Waals surface area contributed by atoms with Crippen LogP contribution in [0.25, 0.3) is 0 Å². The molecule has 1 saturated heterocycles. The molecule has 0 saturated carbocycles. The molecule has 2 aliphatic rings. The van der Waals surface area contributed by atoms with E-state index in [-0.39, 0.29) is 23.3 Å². The van der Waals surface area contributed by atoms with Gasteiger partial charge in [-0.3, -0.25) is 14.5 Å². The van der Waals surface area contributed by atoms with Crippen LogP contribution in [0.4, 0.5) is 20.2 Å². The molecule has 1 fully saturated rings. The van der Waals surface area contributed by atoms with E-state index in [0.717, 1.165) is 17.7 Å². The molecular weight excluding hydrogens is 406 g/mol. The Morgan fingerprint density at radius 1 is 0.900 bits per heavy atom. The van der Waals surface area contributed by atoms with Gasteiger partial charge >= 0.3 is 0 Å². The molecule has 1 spiro atoms. The van der Waals surface area contributed by atoms with Crippen LogP contribution in [0.15, 0.2) is 72.8 Å². The molecule has 2 aliphatic heterocycles. The number of hydrogen-bond donors (Lipinski definition) is 0. The maximum Gasteiger partial charge on any atom is 0.269 e. The molecule has 0 bridgehead atoms. The second kappa shape index (κ2) is 6.95. The molecule has 4 nitrogen and oxygen atoms in total. The predicted molar refractivity (Wildman–Crippen MR) is 112 cm³/mol. The summed E-state index contributed by atoms with van der Waals surface area (Å²) in [4.78, 5) is 28.3. The summed E-state index contributed by atoms with van der Waals surface area (Å²) in [7, 11) is 0. The van der Waals surface area contributed by atoms with Gasteiger partial charge < -0.3 is 4.90 Å². The van der Waals surface area contributed by atoms with Crippen molar-refractivity contribution in [1.82, 2.24) is 0 Å². The van der Waals surface area contributed by atoms with Crippen LogP contribution < -0.4 is 9.80 Å². The summed E-state index contributed by atoms with van der Waals surface area (Å²) in [6.45, 7) is 0.346. The monoisotopic (exact) mass is 422 g/mol. The largest absolute Gasteiger partial charge is 0.304 e. The maximum atomic E-state index is 14.0. The average Bonchev–Trinajstić information content (AvgIpc) is 3.22. The lowest BCUT2D eigenvalue weighted by Gasteiger charge is -2.33. The van der Waals surface area contributed by atoms with Gasteiger partial charge in [0.25, 0.3) is 5.91 Å². The van der Waals surface area contributed by atoms with Crippen LogP contribution in [0, 0.1) is 11.6 Å². The Balaban J connectivity index is 1.66. The minimum atomic E-state index is -1.34. The van der Waals surface area contributed by atoms with Crippen molar-refractivity contribution < 1.29 is 18.4 Å². The molecule has 30 heavy (non-hydrogen) atoms. The SMILES string of the molecule is O=C1CSC2(C(=O)N(Cc3ccccc3)c3ccccc32)N1c1ccc(F)c(F)c1. The highest BCUT2D eigenvalue weighted by atomic mass is 32.2. The minimum absolute atomic E-state index is 0.0677. The summed E-state index contributed by atoms with van der Waals surface area (Å²) in [6, 6.07) is 20.2. The number of amides is 2. The average molecular weight is 422 g/mol. The van der Waals surface area contributed by atoms with Crippen LogP contribution in [-0.2, 0) is 21.0 Å². The van der Waals surface area contributed by atoms with E-state index in [4.69, 9.17) is 0 Å². The fourth-order valence-corrected chi connectivity index (χ4v) is 5.46. The van der Waals surface area contributed by atoms with Gasteiger partial charge in [0.15, 0.2) is 11.6 Å². The van der Waals surface area contributed by atoms with Crippen LogP contribution in [0.3, 0.4) is 0 Å². The first-order chi connectivity index (χ1) is 14.5. The molecule has 3 aromatic carbocycles. The van der Waals surface area contributed by atoms with Gasteiger partial charge in [-0.05, 0) is 23.8 Å². The fraction of sp³-hybridized carbons (Fsp3) is 0.130. The van der Waals surface area contributed by atoms with Gasteiger partial charge in [0.1, 0.15) is 0 Å². The number of thioether (sulfide) groups is 1. The number of carbonyl (C=O) groups excluding carboxylic acids is 2. The lowest BCUT2D eigenvalue weighted by atomic mass is 10.0. The number of rotatable bonds is 3. The van der Waals surface area contributed by atoms with Crippen molar-refractivity contribution in [3.05, 3.63) is 95.6 Å². The minimum Gasteiger partial charge on any atom is -0.304 e. The Bertz CT molecular complexity index is 1170. The van der Waals surface area contributed by atoms with Crippen LogP contribution in [0.1, 0.15) is 11.1 Å². The Morgan fingerprint density at radius 3 is 2.40 bits per heavy atom. The summed E-state index contributed by atoms with van der Waals surface area (Å²) in [5.41, 5.74) is 2.49. The van der Waals surface area contributed by atoms with Crippen molar-refractivity contribution in [2.75, 3.05) is 15.6 Å². The van der Waals surface area contributed by atoms with E-state index in [1.54, 1.807) is 4.90 Å². The highest BCUT2D eigenvalue weighted by Crippen LogP contribution is 2.55. The topological polar surface area (TPSA) is 40.6 Å². The summed E-state index contributed by atoms with van der Waals surface area (Å²) < 4.78 is 27.5. The zero-order chi connectivity index (χ0) is 20.9. The van der Waals surface area contributed by atoms with Gasteiger partial charge in [-0.1, -0.05) is 48.5 Å². The zero-order valence-corrected chi connectivity index (χ0v) is 16.5. The van der Waals surface area contributed by atoms with E-state index >= 15 is 0 Å². The standard InChI is InChI=1S/C23H16F2N2O2S/c24-18-11-10-16(12-19(18)25)27-21(28)14-30-23(27)17-8-4-5-9-20(17)26(22(23)29)13-15-6-2-1-3-7-15/h1-12H,13-14H2. The van der Waals surface area contributed by atoms with Gasteiger partial charge in [0.2, 0.25) is 10.8 Å². The van der Waals surface area contributed by atoms with Crippen molar-refractivity contribution in [3.63, 3.8) is 0 Å². The second-order valence-corrected chi connectivity index (χ2v) is 8.32. The smallest absolute Gasteiger partial charge is 0.269 e. The first-order valence-electron chi connectivity index (χ1n) is 9.40. The zero-order valence-electron chi connectivity index (χ0n) is 15.7. The van der Waals surface area contributed by atoms with Crippen molar-refractivity contribution in [2.24, 2.45) is 0 Å². The summed E-state index contributed by atoms with van der Waals surface area (Å²) >= 11 is 1.21. The van der Waals surface area contributed by atoms with Crippen LogP contribution in [0.5, 0.6) is 0 Å². The first kappa shape index (κ1) is 18.8. The number of benzene rings is 3. The lowest BCUT2D eigenvalue weighted by molar-refractivity contribution is -0.123. The summed E-state index contributed by atoms with van der Waals surface area (Å²) in [5, 5.41) is 0. The van der Waals surface area contributed by atoms with Crippen LogP contribution in [-0.4, -0.2) is 17.6 Å². The molecule has 5 rings (SSSR count). The molecule has 2 amide bonds. The fourth-order valence-electron chi connectivity index (χ4n) is 4.10. The van der Waals surface area contributed by atoms with E-state index in [9.17, 15) is 18.4 Å². The first-order valence-corrected chi connectivity index (χ1v) is 10.4. The molecule has 0 aliphatic carbocycles. The van der Waals surface area contributed by atoms with Gasteiger partial charge in [0.05, 0.1) is 18.0 Å².